The third-order valence-corrected chi connectivity index (χ3v) is 7.06. The number of amides is 1. The number of nitrogens with one attached hydrogen (secondary N) is 1. The highest BCUT2D eigenvalue weighted by atomic mass is 32.2. The number of para-hydroxylation sites is 1. The topological polar surface area (TPSA) is 81.1 Å². The lowest BCUT2D eigenvalue weighted by Crippen LogP contribution is -2.15. The summed E-state index contributed by atoms with van der Waals surface area (Å²) in [6, 6.07) is 15.8. The summed E-state index contributed by atoms with van der Waals surface area (Å²) in [5.41, 5.74) is 2.03. The van der Waals surface area contributed by atoms with Gasteiger partial charge in [-0.3, -0.25) is 4.79 Å². The fourth-order valence-electron chi connectivity index (χ4n) is 3.02. The molecule has 0 bridgehead atoms. The summed E-state index contributed by atoms with van der Waals surface area (Å²) >= 11 is 1.31. The lowest BCUT2D eigenvalue weighted by molar-refractivity contribution is 0.101. The Bertz CT molecular complexity index is 1240. The highest BCUT2D eigenvalue weighted by molar-refractivity contribution is 7.90. The molecule has 142 valence electrons. The van der Waals surface area contributed by atoms with Gasteiger partial charge in [-0.05, 0) is 36.4 Å². The summed E-state index contributed by atoms with van der Waals surface area (Å²) in [6.07, 6.45) is 1.58. The Balaban J connectivity index is 1.52. The van der Waals surface area contributed by atoms with Gasteiger partial charge in [0.2, 0.25) is 0 Å². The van der Waals surface area contributed by atoms with Crippen LogP contribution in [0, 0.1) is 0 Å². The first-order chi connectivity index (χ1) is 13.4. The number of rotatable bonds is 5. The number of thiazole rings is 1. The molecule has 0 saturated carbocycles. The van der Waals surface area contributed by atoms with Crippen LogP contribution < -0.4 is 5.32 Å². The molecule has 0 unspecified atom stereocenters. The minimum Gasteiger partial charge on any atom is -0.340 e. The molecular formula is C20H17N3O3S2. The zero-order valence-electron chi connectivity index (χ0n) is 15.0. The van der Waals surface area contributed by atoms with E-state index in [1.165, 1.54) is 23.5 Å². The van der Waals surface area contributed by atoms with Crippen LogP contribution >= 0.6 is 11.3 Å². The van der Waals surface area contributed by atoms with Gasteiger partial charge in [0.1, 0.15) is 16.5 Å². The van der Waals surface area contributed by atoms with Gasteiger partial charge in [-0.25, -0.2) is 13.4 Å². The summed E-state index contributed by atoms with van der Waals surface area (Å²) < 4.78 is 26.8. The Labute approximate surface area is 166 Å². The van der Waals surface area contributed by atoms with Gasteiger partial charge in [0.25, 0.3) is 5.91 Å². The van der Waals surface area contributed by atoms with Crippen molar-refractivity contribution in [3.05, 3.63) is 76.9 Å². The predicted octanol–water partition coefficient (Wildman–Crippen LogP) is 3.86. The molecule has 0 aliphatic rings. The van der Waals surface area contributed by atoms with E-state index in [0.717, 1.165) is 10.9 Å². The molecule has 0 saturated heterocycles. The second kappa shape index (κ2) is 7.21. The number of nitrogens with zero attached hydrogens (tertiary/aromatic N) is 2. The standard InChI is InChI=1S/C20H17N3O3S2/c1-23-17-5-3-2-4-14(17)12-18(23)20(24)22-15-6-8-16(9-7-15)28(25,26)13-19-21-10-11-27-19/h2-12H,13H2,1H3,(H,22,24). The molecule has 1 amide bonds. The van der Waals surface area contributed by atoms with Crippen LogP contribution in [0.5, 0.6) is 0 Å². The molecule has 0 aliphatic carbocycles. The van der Waals surface area contributed by atoms with Gasteiger partial charge in [0.05, 0.1) is 4.90 Å². The zero-order chi connectivity index (χ0) is 19.7. The molecule has 0 radical (unpaired) electrons. The second-order valence-corrected chi connectivity index (χ2v) is 9.28. The van der Waals surface area contributed by atoms with Crippen molar-refractivity contribution in [3.63, 3.8) is 0 Å². The summed E-state index contributed by atoms with van der Waals surface area (Å²) in [4.78, 5) is 16.9. The van der Waals surface area contributed by atoms with Crippen LogP contribution in [0.3, 0.4) is 0 Å². The Kier molecular flexibility index (Phi) is 4.74. The van der Waals surface area contributed by atoms with Crippen LogP contribution in [-0.2, 0) is 22.6 Å². The molecule has 28 heavy (non-hydrogen) atoms. The molecule has 8 heteroatoms. The van der Waals surface area contributed by atoms with Gasteiger partial charge >= 0.3 is 0 Å². The van der Waals surface area contributed by atoms with E-state index in [9.17, 15) is 13.2 Å². The van der Waals surface area contributed by atoms with Crippen molar-refractivity contribution in [2.45, 2.75) is 10.6 Å². The number of aryl methyl sites for hydroxylation is 1. The van der Waals surface area contributed by atoms with Gasteiger partial charge < -0.3 is 9.88 Å². The number of aromatic nitrogens is 2. The number of hydrogen-bond donors (Lipinski definition) is 1. The molecule has 1 N–H and O–H groups in total. The molecule has 6 nitrogen and oxygen atoms in total. The average Bonchev–Trinajstić information content (AvgIpc) is 3.30. The molecule has 2 aromatic heterocycles. The van der Waals surface area contributed by atoms with E-state index in [0.29, 0.717) is 16.4 Å². The minimum atomic E-state index is -3.47. The Morgan fingerprint density at radius 2 is 1.89 bits per heavy atom. The van der Waals surface area contributed by atoms with E-state index in [2.05, 4.69) is 10.3 Å². The van der Waals surface area contributed by atoms with Crippen LogP contribution in [0.15, 0.2) is 71.1 Å². The van der Waals surface area contributed by atoms with Crippen LogP contribution in [-0.4, -0.2) is 23.9 Å². The molecule has 0 spiro atoms. The quantitative estimate of drug-likeness (QED) is 0.541. The Morgan fingerprint density at radius 3 is 2.57 bits per heavy atom. The number of carbonyl (C=O) groups excluding carboxylic acids is 1. The first-order valence-electron chi connectivity index (χ1n) is 8.51. The largest absolute Gasteiger partial charge is 0.340 e. The van der Waals surface area contributed by atoms with Crippen molar-refractivity contribution in [3.8, 4) is 0 Å². The van der Waals surface area contributed by atoms with Gasteiger partial charge in [-0.1, -0.05) is 18.2 Å². The van der Waals surface area contributed by atoms with Crippen molar-refractivity contribution >= 4 is 43.7 Å². The molecule has 0 fully saturated rings. The molecular weight excluding hydrogens is 394 g/mol. The normalized spacial score (nSPS) is 11.6. The molecule has 0 atom stereocenters. The molecule has 4 aromatic rings. The summed E-state index contributed by atoms with van der Waals surface area (Å²) in [5, 5.41) is 6.10. The van der Waals surface area contributed by atoms with Crippen molar-refractivity contribution < 1.29 is 13.2 Å². The van der Waals surface area contributed by atoms with Crippen molar-refractivity contribution in [2.75, 3.05) is 5.32 Å². The van der Waals surface area contributed by atoms with E-state index >= 15 is 0 Å². The van der Waals surface area contributed by atoms with Crippen molar-refractivity contribution in [1.82, 2.24) is 9.55 Å². The number of hydrogen-bond acceptors (Lipinski definition) is 5. The Hall–Kier alpha value is -2.97. The zero-order valence-corrected chi connectivity index (χ0v) is 16.6. The lowest BCUT2D eigenvalue weighted by atomic mass is 10.2. The van der Waals surface area contributed by atoms with E-state index < -0.39 is 9.84 Å². The fourth-order valence-corrected chi connectivity index (χ4v) is 5.27. The van der Waals surface area contributed by atoms with Crippen LogP contribution in [0.1, 0.15) is 15.5 Å². The maximum atomic E-state index is 12.6. The van der Waals surface area contributed by atoms with Crippen molar-refractivity contribution in [2.24, 2.45) is 7.05 Å². The molecule has 2 aromatic carbocycles. The third-order valence-electron chi connectivity index (χ3n) is 4.45. The minimum absolute atomic E-state index is 0.133. The number of benzene rings is 2. The van der Waals surface area contributed by atoms with Gasteiger partial charge in [0, 0.05) is 35.2 Å². The molecule has 4 rings (SSSR count). The van der Waals surface area contributed by atoms with E-state index in [1.54, 1.807) is 23.7 Å². The predicted molar refractivity (Wildman–Crippen MR) is 110 cm³/mol. The summed E-state index contributed by atoms with van der Waals surface area (Å²) in [5.74, 6) is -0.385. The smallest absolute Gasteiger partial charge is 0.272 e. The third kappa shape index (κ3) is 3.56. The summed E-state index contributed by atoms with van der Waals surface area (Å²) in [7, 11) is -1.63. The molecule has 0 aliphatic heterocycles. The number of carbonyl (C=O) groups is 1. The number of sulfone groups is 1. The number of fused-ring (bicyclic) bond motifs is 1. The molecule has 2 heterocycles. The number of anilines is 1. The first kappa shape index (κ1) is 18.4. The maximum absolute atomic E-state index is 12.6. The van der Waals surface area contributed by atoms with E-state index in [1.807, 2.05) is 41.9 Å². The van der Waals surface area contributed by atoms with E-state index in [4.69, 9.17) is 0 Å². The first-order valence-corrected chi connectivity index (χ1v) is 11.0. The van der Waals surface area contributed by atoms with Crippen LogP contribution in [0.4, 0.5) is 5.69 Å². The van der Waals surface area contributed by atoms with Crippen molar-refractivity contribution in [1.29, 1.82) is 0 Å². The average molecular weight is 412 g/mol. The SMILES string of the molecule is Cn1c(C(=O)Nc2ccc(S(=O)(=O)Cc3nccs3)cc2)cc2ccccc21. The maximum Gasteiger partial charge on any atom is 0.272 e. The van der Waals surface area contributed by atoms with Gasteiger partial charge in [-0.15, -0.1) is 11.3 Å². The van der Waals surface area contributed by atoms with Crippen LogP contribution in [0.25, 0.3) is 10.9 Å². The van der Waals surface area contributed by atoms with E-state index in [-0.39, 0.29) is 16.6 Å². The summed E-state index contributed by atoms with van der Waals surface area (Å²) in [6.45, 7) is 0. The monoisotopic (exact) mass is 411 g/mol. The lowest BCUT2D eigenvalue weighted by Gasteiger charge is -2.08. The fraction of sp³-hybridized carbons (Fsp3) is 0.100. The highest BCUT2D eigenvalue weighted by Gasteiger charge is 2.18. The second-order valence-electron chi connectivity index (χ2n) is 6.31. The van der Waals surface area contributed by atoms with Crippen LogP contribution in [0.2, 0.25) is 0 Å². The van der Waals surface area contributed by atoms with Gasteiger partial charge in [-0.2, -0.15) is 0 Å². The highest BCUT2D eigenvalue weighted by Crippen LogP contribution is 2.22. The Morgan fingerprint density at radius 1 is 1.14 bits per heavy atom. The van der Waals surface area contributed by atoms with Gasteiger partial charge in [0.15, 0.2) is 9.84 Å².